The van der Waals surface area contributed by atoms with Crippen molar-refractivity contribution >= 4 is 52.0 Å². The molecule has 3 amide bonds. The van der Waals surface area contributed by atoms with E-state index in [1.807, 2.05) is 17.5 Å². The van der Waals surface area contributed by atoms with Crippen LogP contribution >= 0.6 is 22.9 Å². The van der Waals surface area contributed by atoms with Gasteiger partial charge in [-0.05, 0) is 47.8 Å². The van der Waals surface area contributed by atoms with Crippen LogP contribution in [0.25, 0.3) is 0 Å². The Labute approximate surface area is 191 Å². The summed E-state index contributed by atoms with van der Waals surface area (Å²) in [5.41, 5.74) is 0.426. The van der Waals surface area contributed by atoms with Gasteiger partial charge < -0.3 is 4.90 Å². The zero-order valence-corrected chi connectivity index (χ0v) is 18.1. The molecule has 1 unspecified atom stereocenters. The Kier molecular flexibility index (Phi) is 6.02. The summed E-state index contributed by atoms with van der Waals surface area (Å²) in [7, 11) is 0. The zero-order chi connectivity index (χ0) is 22.8. The number of hydrogen-bond acceptors (Lipinski definition) is 6. The fourth-order valence-electron chi connectivity index (χ4n) is 3.51. The number of carbonyl (C=O) groups is 3. The van der Waals surface area contributed by atoms with Crippen LogP contribution in [-0.2, 0) is 16.1 Å². The molecule has 0 radical (unpaired) electrons. The summed E-state index contributed by atoms with van der Waals surface area (Å²) in [6.07, 6.45) is -0.161. The van der Waals surface area contributed by atoms with E-state index in [-0.39, 0.29) is 24.2 Å². The molecular formula is C22H16ClN3O5S. The molecule has 1 aromatic heterocycles. The standard InChI is InChI=1S/C22H16ClN3O5S/c23-15-5-9-16(10-6-15)25-20(27)12-19(22(25)29)24(13-18-2-1-11-32-18)21(28)14-3-7-17(8-4-14)26(30)31/h1-11,19H,12-13H2. The number of thiophene rings is 1. The lowest BCUT2D eigenvalue weighted by atomic mass is 10.1. The van der Waals surface area contributed by atoms with Gasteiger partial charge in [-0.15, -0.1) is 11.3 Å². The lowest BCUT2D eigenvalue weighted by Gasteiger charge is -2.27. The van der Waals surface area contributed by atoms with Gasteiger partial charge in [0.25, 0.3) is 17.5 Å². The Morgan fingerprint density at radius 3 is 2.41 bits per heavy atom. The van der Waals surface area contributed by atoms with Crippen molar-refractivity contribution in [2.45, 2.75) is 19.0 Å². The molecule has 1 aliphatic heterocycles. The van der Waals surface area contributed by atoms with Crippen molar-refractivity contribution in [3.8, 4) is 0 Å². The third-order valence-corrected chi connectivity index (χ3v) is 6.19. The molecule has 1 atom stereocenters. The molecule has 162 valence electrons. The highest BCUT2D eigenvalue weighted by Gasteiger charge is 2.44. The molecule has 4 rings (SSSR count). The molecular weight excluding hydrogens is 454 g/mol. The van der Waals surface area contributed by atoms with Crippen LogP contribution in [0.2, 0.25) is 5.02 Å². The molecule has 2 aromatic carbocycles. The van der Waals surface area contributed by atoms with Crippen molar-refractivity contribution in [3.05, 3.63) is 91.6 Å². The maximum Gasteiger partial charge on any atom is 0.269 e. The number of nitro groups is 1. The highest BCUT2D eigenvalue weighted by Crippen LogP contribution is 2.29. The molecule has 1 aliphatic rings. The number of benzene rings is 2. The first kappa shape index (κ1) is 21.7. The molecule has 8 nitrogen and oxygen atoms in total. The molecule has 10 heteroatoms. The lowest BCUT2D eigenvalue weighted by molar-refractivity contribution is -0.384. The first-order valence-electron chi connectivity index (χ1n) is 9.55. The van der Waals surface area contributed by atoms with E-state index in [1.54, 1.807) is 24.3 Å². The summed E-state index contributed by atoms with van der Waals surface area (Å²) in [5.74, 6) is -1.42. The second-order valence-corrected chi connectivity index (χ2v) is 8.55. The van der Waals surface area contributed by atoms with Crippen LogP contribution in [0.1, 0.15) is 21.7 Å². The maximum absolute atomic E-state index is 13.3. The second kappa shape index (κ2) is 8.89. The Morgan fingerprint density at radius 2 is 1.81 bits per heavy atom. The Bertz CT molecular complexity index is 1180. The van der Waals surface area contributed by atoms with Gasteiger partial charge in [0.2, 0.25) is 5.91 Å². The molecule has 0 aliphatic carbocycles. The van der Waals surface area contributed by atoms with Gasteiger partial charge in [-0.1, -0.05) is 17.7 Å². The maximum atomic E-state index is 13.3. The molecule has 3 aromatic rings. The number of nitrogens with zero attached hydrogens (tertiary/aromatic N) is 3. The van der Waals surface area contributed by atoms with Crippen molar-refractivity contribution in [1.29, 1.82) is 0 Å². The number of rotatable bonds is 6. The summed E-state index contributed by atoms with van der Waals surface area (Å²) >= 11 is 7.33. The zero-order valence-electron chi connectivity index (χ0n) is 16.5. The highest BCUT2D eigenvalue weighted by atomic mass is 35.5. The number of anilines is 1. The van der Waals surface area contributed by atoms with Crippen molar-refractivity contribution in [2.24, 2.45) is 0 Å². The average Bonchev–Trinajstić information content (AvgIpc) is 3.40. The molecule has 0 N–H and O–H groups in total. The lowest BCUT2D eigenvalue weighted by Crippen LogP contribution is -2.45. The van der Waals surface area contributed by atoms with Crippen LogP contribution in [0.15, 0.2) is 66.0 Å². The second-order valence-electron chi connectivity index (χ2n) is 7.08. The summed E-state index contributed by atoms with van der Waals surface area (Å²) in [6, 6.07) is 14.1. The largest absolute Gasteiger partial charge is 0.321 e. The van der Waals surface area contributed by atoms with Gasteiger partial charge in [0.15, 0.2) is 0 Å². The molecule has 2 heterocycles. The summed E-state index contributed by atoms with van der Waals surface area (Å²) in [6.45, 7) is 0.131. The minimum absolute atomic E-state index is 0.131. The van der Waals surface area contributed by atoms with E-state index < -0.39 is 28.7 Å². The topological polar surface area (TPSA) is 101 Å². The highest BCUT2D eigenvalue weighted by molar-refractivity contribution is 7.09. The first-order valence-corrected chi connectivity index (χ1v) is 10.8. The predicted molar refractivity (Wildman–Crippen MR) is 120 cm³/mol. The van der Waals surface area contributed by atoms with Gasteiger partial charge in [0.1, 0.15) is 6.04 Å². The number of carbonyl (C=O) groups excluding carboxylic acids is 3. The molecule has 0 saturated carbocycles. The number of non-ortho nitro benzene ring substituents is 1. The third-order valence-electron chi connectivity index (χ3n) is 5.08. The molecule has 32 heavy (non-hydrogen) atoms. The Hall–Kier alpha value is -3.56. The Balaban J connectivity index is 1.66. The van der Waals surface area contributed by atoms with E-state index in [4.69, 9.17) is 11.6 Å². The van der Waals surface area contributed by atoms with Crippen molar-refractivity contribution in [1.82, 2.24) is 4.90 Å². The van der Waals surface area contributed by atoms with Crippen LogP contribution in [-0.4, -0.2) is 33.6 Å². The van der Waals surface area contributed by atoms with Crippen LogP contribution < -0.4 is 4.90 Å². The van der Waals surface area contributed by atoms with Gasteiger partial charge in [0, 0.05) is 27.6 Å². The van der Waals surface area contributed by atoms with Gasteiger partial charge >= 0.3 is 0 Å². The van der Waals surface area contributed by atoms with Crippen molar-refractivity contribution in [3.63, 3.8) is 0 Å². The fraction of sp³-hybridized carbons (Fsp3) is 0.136. The first-order chi connectivity index (χ1) is 15.3. The van der Waals surface area contributed by atoms with E-state index in [0.29, 0.717) is 10.7 Å². The minimum Gasteiger partial charge on any atom is -0.321 e. The fourth-order valence-corrected chi connectivity index (χ4v) is 4.34. The molecule has 1 fully saturated rings. The number of imide groups is 1. The normalized spacial score (nSPS) is 15.8. The van der Waals surface area contributed by atoms with E-state index in [1.165, 1.54) is 40.5 Å². The summed E-state index contributed by atoms with van der Waals surface area (Å²) < 4.78 is 0. The number of hydrogen-bond donors (Lipinski definition) is 0. The molecule has 0 bridgehead atoms. The predicted octanol–water partition coefficient (Wildman–Crippen LogP) is 4.28. The minimum atomic E-state index is -0.997. The van der Waals surface area contributed by atoms with Gasteiger partial charge in [-0.2, -0.15) is 0 Å². The van der Waals surface area contributed by atoms with Crippen LogP contribution in [0.3, 0.4) is 0 Å². The number of halogens is 1. The monoisotopic (exact) mass is 469 g/mol. The van der Waals surface area contributed by atoms with Crippen LogP contribution in [0, 0.1) is 10.1 Å². The quantitative estimate of drug-likeness (QED) is 0.304. The molecule has 0 spiro atoms. The van der Waals surface area contributed by atoms with E-state index in [9.17, 15) is 24.5 Å². The van der Waals surface area contributed by atoms with Gasteiger partial charge in [-0.25, -0.2) is 4.90 Å². The summed E-state index contributed by atoms with van der Waals surface area (Å²) in [5, 5.41) is 13.2. The van der Waals surface area contributed by atoms with E-state index in [0.717, 1.165) is 9.78 Å². The number of amides is 3. The van der Waals surface area contributed by atoms with Gasteiger partial charge in [0.05, 0.1) is 23.6 Å². The SMILES string of the molecule is O=C1CC(N(Cc2cccs2)C(=O)c2ccc([N+](=O)[O-])cc2)C(=O)N1c1ccc(Cl)cc1. The smallest absolute Gasteiger partial charge is 0.269 e. The average molecular weight is 470 g/mol. The third kappa shape index (κ3) is 4.25. The number of nitro benzene ring substituents is 1. The van der Waals surface area contributed by atoms with Gasteiger partial charge in [-0.3, -0.25) is 24.5 Å². The van der Waals surface area contributed by atoms with E-state index in [2.05, 4.69) is 0 Å². The molecule has 1 saturated heterocycles. The van der Waals surface area contributed by atoms with Crippen molar-refractivity contribution in [2.75, 3.05) is 4.90 Å². The van der Waals surface area contributed by atoms with E-state index >= 15 is 0 Å². The summed E-state index contributed by atoms with van der Waals surface area (Å²) in [4.78, 5) is 52.9. The van der Waals surface area contributed by atoms with Crippen LogP contribution in [0.5, 0.6) is 0 Å². The Morgan fingerprint density at radius 1 is 1.12 bits per heavy atom. The van der Waals surface area contributed by atoms with Crippen molar-refractivity contribution < 1.29 is 19.3 Å². The van der Waals surface area contributed by atoms with Crippen LogP contribution in [0.4, 0.5) is 11.4 Å².